The van der Waals surface area contributed by atoms with Crippen molar-refractivity contribution in [3.8, 4) is 0 Å². The van der Waals surface area contributed by atoms with Crippen LogP contribution in [-0.2, 0) is 11.3 Å². The van der Waals surface area contributed by atoms with Crippen LogP contribution in [0.25, 0.3) is 10.9 Å². The van der Waals surface area contributed by atoms with Gasteiger partial charge in [0.25, 0.3) is 0 Å². The Balaban J connectivity index is 1.78. The summed E-state index contributed by atoms with van der Waals surface area (Å²) in [4.78, 5) is 3.22. The molecule has 1 aromatic heterocycles. The molecule has 0 amide bonds. The van der Waals surface area contributed by atoms with Gasteiger partial charge < -0.3 is 15.0 Å². The van der Waals surface area contributed by atoms with Crippen LogP contribution in [0.3, 0.4) is 0 Å². The fraction of sp³-hybridized carbons (Fsp3) is 0.429. The maximum Gasteiger partial charge on any atom is 0.0594 e. The van der Waals surface area contributed by atoms with Gasteiger partial charge in [-0.25, -0.2) is 0 Å². The van der Waals surface area contributed by atoms with Crippen LogP contribution in [-0.4, -0.2) is 24.2 Å². The van der Waals surface area contributed by atoms with Crippen LogP contribution >= 0.6 is 0 Å². The predicted molar refractivity (Wildman–Crippen MR) is 71.1 cm³/mol. The summed E-state index contributed by atoms with van der Waals surface area (Å²) in [5.74, 6) is 0. The number of H-pyrrole nitrogens is 1. The zero-order valence-corrected chi connectivity index (χ0v) is 10.5. The molecule has 2 aromatic rings. The molecule has 1 heterocycles. The van der Waals surface area contributed by atoms with Gasteiger partial charge in [0.1, 0.15) is 0 Å². The van der Waals surface area contributed by atoms with Crippen LogP contribution in [0.2, 0.25) is 0 Å². The van der Waals surface area contributed by atoms with E-state index < -0.39 is 0 Å². The highest BCUT2D eigenvalue weighted by molar-refractivity contribution is 5.79. The molecule has 0 radical (unpaired) electrons. The third-order valence-corrected chi connectivity index (χ3v) is 2.68. The zero-order valence-electron chi connectivity index (χ0n) is 10.5. The van der Waals surface area contributed by atoms with Crippen molar-refractivity contribution >= 4 is 10.9 Å². The molecule has 0 spiro atoms. The number of aromatic nitrogens is 1. The van der Waals surface area contributed by atoms with Gasteiger partial charge in [0.2, 0.25) is 0 Å². The number of hydrogen-bond acceptors (Lipinski definition) is 2. The molecule has 0 fully saturated rings. The SMILES string of the molecule is CC(C)OCCNCc1ccc2cc[nH]c2c1. The Morgan fingerprint density at radius 1 is 1.29 bits per heavy atom. The standard InChI is InChI=1S/C14H20N2O/c1-11(2)17-8-7-15-10-12-3-4-13-5-6-16-14(13)9-12/h3-6,9,11,15-16H,7-8,10H2,1-2H3. The normalized spacial score (nSPS) is 11.5. The molecular formula is C14H20N2O. The van der Waals surface area contributed by atoms with Gasteiger partial charge in [-0.1, -0.05) is 12.1 Å². The number of rotatable bonds is 6. The molecule has 0 aliphatic rings. The van der Waals surface area contributed by atoms with E-state index in [1.54, 1.807) is 0 Å². The van der Waals surface area contributed by atoms with Crippen molar-refractivity contribution in [3.05, 3.63) is 36.0 Å². The molecule has 3 nitrogen and oxygen atoms in total. The highest BCUT2D eigenvalue weighted by atomic mass is 16.5. The number of nitrogens with one attached hydrogen (secondary N) is 2. The Hall–Kier alpha value is -1.32. The van der Waals surface area contributed by atoms with Crippen LogP contribution in [0, 0.1) is 0 Å². The lowest BCUT2D eigenvalue weighted by atomic mass is 10.1. The van der Waals surface area contributed by atoms with Crippen LogP contribution < -0.4 is 5.32 Å². The molecule has 2 rings (SSSR count). The quantitative estimate of drug-likeness (QED) is 0.751. The van der Waals surface area contributed by atoms with Gasteiger partial charge in [0, 0.05) is 24.8 Å². The summed E-state index contributed by atoms with van der Waals surface area (Å²) in [6.45, 7) is 6.65. The van der Waals surface area contributed by atoms with Crippen LogP contribution in [0.4, 0.5) is 0 Å². The summed E-state index contributed by atoms with van der Waals surface area (Å²) in [6, 6.07) is 8.58. The molecule has 0 saturated carbocycles. The first-order chi connectivity index (χ1) is 8.25. The largest absolute Gasteiger partial charge is 0.377 e. The van der Waals surface area contributed by atoms with E-state index in [0.29, 0.717) is 6.10 Å². The van der Waals surface area contributed by atoms with Gasteiger partial charge in [-0.15, -0.1) is 0 Å². The molecule has 0 saturated heterocycles. The molecule has 2 N–H and O–H groups in total. The van der Waals surface area contributed by atoms with E-state index in [2.05, 4.69) is 48.4 Å². The minimum Gasteiger partial charge on any atom is -0.377 e. The first kappa shape index (κ1) is 12.1. The summed E-state index contributed by atoms with van der Waals surface area (Å²) in [5.41, 5.74) is 2.49. The summed E-state index contributed by atoms with van der Waals surface area (Å²) < 4.78 is 5.47. The molecule has 0 aliphatic carbocycles. The summed E-state index contributed by atoms with van der Waals surface area (Å²) in [5, 5.41) is 4.64. The van der Waals surface area contributed by atoms with Crippen molar-refractivity contribution in [1.82, 2.24) is 10.3 Å². The summed E-state index contributed by atoms with van der Waals surface area (Å²) in [6.07, 6.45) is 2.28. The Kier molecular flexibility index (Phi) is 4.18. The van der Waals surface area contributed by atoms with Crippen molar-refractivity contribution in [2.75, 3.05) is 13.2 Å². The Bertz CT molecular complexity index is 462. The second kappa shape index (κ2) is 5.84. The van der Waals surface area contributed by atoms with Gasteiger partial charge in [-0.3, -0.25) is 0 Å². The maximum atomic E-state index is 5.47. The third kappa shape index (κ3) is 3.58. The van der Waals surface area contributed by atoms with Crippen molar-refractivity contribution in [3.63, 3.8) is 0 Å². The van der Waals surface area contributed by atoms with Gasteiger partial charge in [-0.2, -0.15) is 0 Å². The molecule has 0 atom stereocenters. The van der Waals surface area contributed by atoms with Crippen molar-refractivity contribution < 1.29 is 4.74 Å². The van der Waals surface area contributed by atoms with Crippen LogP contribution in [0.5, 0.6) is 0 Å². The highest BCUT2D eigenvalue weighted by Crippen LogP contribution is 2.13. The highest BCUT2D eigenvalue weighted by Gasteiger charge is 1.97. The third-order valence-electron chi connectivity index (χ3n) is 2.68. The molecule has 0 aliphatic heterocycles. The smallest absolute Gasteiger partial charge is 0.0594 e. The van der Waals surface area contributed by atoms with Crippen LogP contribution in [0.1, 0.15) is 19.4 Å². The van der Waals surface area contributed by atoms with E-state index in [-0.39, 0.29) is 0 Å². The minimum absolute atomic E-state index is 0.312. The van der Waals surface area contributed by atoms with E-state index in [4.69, 9.17) is 4.74 Å². The van der Waals surface area contributed by atoms with Gasteiger partial charge in [-0.05, 0) is 36.9 Å². The fourth-order valence-corrected chi connectivity index (χ4v) is 1.80. The molecule has 17 heavy (non-hydrogen) atoms. The van der Waals surface area contributed by atoms with Crippen molar-refractivity contribution in [2.24, 2.45) is 0 Å². The lowest BCUT2D eigenvalue weighted by Gasteiger charge is -2.08. The lowest BCUT2D eigenvalue weighted by Crippen LogP contribution is -2.20. The minimum atomic E-state index is 0.312. The maximum absolute atomic E-state index is 5.47. The predicted octanol–water partition coefficient (Wildman–Crippen LogP) is 2.68. The molecule has 0 unspecified atom stereocenters. The Labute approximate surface area is 102 Å². The second-order valence-corrected chi connectivity index (χ2v) is 4.50. The number of aromatic amines is 1. The first-order valence-corrected chi connectivity index (χ1v) is 6.14. The summed E-state index contributed by atoms with van der Waals surface area (Å²) >= 11 is 0. The number of ether oxygens (including phenoxy) is 1. The summed E-state index contributed by atoms with van der Waals surface area (Å²) in [7, 11) is 0. The van der Waals surface area contributed by atoms with Crippen molar-refractivity contribution in [2.45, 2.75) is 26.5 Å². The Morgan fingerprint density at radius 2 is 2.18 bits per heavy atom. The molecule has 0 bridgehead atoms. The van der Waals surface area contributed by atoms with E-state index in [0.717, 1.165) is 19.7 Å². The van der Waals surface area contributed by atoms with Gasteiger partial charge in [0.05, 0.1) is 12.7 Å². The number of hydrogen-bond donors (Lipinski definition) is 2. The molecule has 3 heteroatoms. The average Bonchev–Trinajstić information content (AvgIpc) is 2.75. The Morgan fingerprint density at radius 3 is 3.00 bits per heavy atom. The zero-order chi connectivity index (χ0) is 12.1. The second-order valence-electron chi connectivity index (χ2n) is 4.50. The van der Waals surface area contributed by atoms with E-state index in [9.17, 15) is 0 Å². The first-order valence-electron chi connectivity index (χ1n) is 6.14. The monoisotopic (exact) mass is 232 g/mol. The van der Waals surface area contributed by atoms with E-state index in [1.807, 2.05) is 6.20 Å². The molecular weight excluding hydrogens is 212 g/mol. The number of fused-ring (bicyclic) bond motifs is 1. The topological polar surface area (TPSA) is 37.0 Å². The van der Waals surface area contributed by atoms with E-state index in [1.165, 1.54) is 16.5 Å². The fourth-order valence-electron chi connectivity index (χ4n) is 1.80. The lowest BCUT2D eigenvalue weighted by molar-refractivity contribution is 0.0807. The van der Waals surface area contributed by atoms with E-state index >= 15 is 0 Å². The van der Waals surface area contributed by atoms with Crippen molar-refractivity contribution in [1.29, 1.82) is 0 Å². The van der Waals surface area contributed by atoms with Gasteiger partial charge in [0.15, 0.2) is 0 Å². The van der Waals surface area contributed by atoms with Gasteiger partial charge >= 0.3 is 0 Å². The molecule has 1 aromatic carbocycles. The van der Waals surface area contributed by atoms with Crippen LogP contribution in [0.15, 0.2) is 30.5 Å². The number of benzene rings is 1. The average molecular weight is 232 g/mol. The molecule has 92 valence electrons.